The molecule has 3 aromatic rings. The number of amides is 5. The van der Waals surface area contributed by atoms with E-state index in [9.17, 15) is 19.2 Å². The standard InChI is InChI=1S/C27H21Cl2N3O7/c1-37-21-9-4-3-8-20(21)30-23(33)14-39-24-19(29)11-15(12-22(24)38-2)10-18-25(34)31-27(36)32(26(18)35)17-7-5-6-16(28)13-17/h3-13H,14H2,1-2H3,(H,30,33)(H,31,34,36)/b18-10+. The van der Waals surface area contributed by atoms with Crippen molar-refractivity contribution in [2.24, 2.45) is 0 Å². The molecule has 10 nitrogen and oxygen atoms in total. The molecule has 1 fully saturated rings. The summed E-state index contributed by atoms with van der Waals surface area (Å²) in [5, 5.41) is 5.18. The van der Waals surface area contributed by atoms with Crippen LogP contribution in [-0.4, -0.2) is 44.6 Å². The number of hydrogen-bond donors (Lipinski definition) is 2. The highest BCUT2D eigenvalue weighted by molar-refractivity contribution is 6.39. The molecule has 0 aliphatic carbocycles. The number of carbonyl (C=O) groups excluding carboxylic acids is 4. The molecule has 1 aliphatic rings. The van der Waals surface area contributed by atoms with Crippen molar-refractivity contribution in [3.8, 4) is 17.2 Å². The average Bonchev–Trinajstić information content (AvgIpc) is 2.90. The summed E-state index contributed by atoms with van der Waals surface area (Å²) in [7, 11) is 2.85. The Morgan fingerprint density at radius 1 is 0.974 bits per heavy atom. The number of halogens is 2. The van der Waals surface area contributed by atoms with E-state index in [1.165, 1.54) is 44.6 Å². The minimum Gasteiger partial charge on any atom is -0.495 e. The number of rotatable bonds is 8. The Morgan fingerprint density at radius 2 is 1.72 bits per heavy atom. The second-order valence-corrected chi connectivity index (χ2v) is 8.85. The molecule has 0 spiro atoms. The fourth-order valence-electron chi connectivity index (χ4n) is 3.71. The first-order valence-corrected chi connectivity index (χ1v) is 12.1. The molecular weight excluding hydrogens is 549 g/mol. The Hall–Kier alpha value is -4.54. The van der Waals surface area contributed by atoms with Crippen LogP contribution in [0.4, 0.5) is 16.2 Å². The molecule has 39 heavy (non-hydrogen) atoms. The number of carbonyl (C=O) groups is 4. The molecular formula is C27H21Cl2N3O7. The van der Waals surface area contributed by atoms with E-state index in [-0.39, 0.29) is 27.8 Å². The molecule has 0 bridgehead atoms. The van der Waals surface area contributed by atoms with Crippen molar-refractivity contribution >= 4 is 64.4 Å². The maximum Gasteiger partial charge on any atom is 0.335 e. The third kappa shape index (κ3) is 6.14. The van der Waals surface area contributed by atoms with Crippen molar-refractivity contribution in [3.05, 3.63) is 81.8 Å². The van der Waals surface area contributed by atoms with E-state index in [1.807, 2.05) is 0 Å². The Kier molecular flexibility index (Phi) is 8.38. The molecule has 2 N–H and O–H groups in total. The lowest BCUT2D eigenvalue weighted by molar-refractivity contribution is -0.122. The normalized spacial score (nSPS) is 14.2. The van der Waals surface area contributed by atoms with Crippen molar-refractivity contribution in [1.82, 2.24) is 5.32 Å². The van der Waals surface area contributed by atoms with E-state index >= 15 is 0 Å². The van der Waals surface area contributed by atoms with Gasteiger partial charge < -0.3 is 19.5 Å². The van der Waals surface area contributed by atoms with E-state index < -0.39 is 30.4 Å². The number of anilines is 2. The van der Waals surface area contributed by atoms with Gasteiger partial charge in [0, 0.05) is 5.02 Å². The number of nitrogens with one attached hydrogen (secondary N) is 2. The predicted octanol–water partition coefficient (Wildman–Crippen LogP) is 4.69. The van der Waals surface area contributed by atoms with Gasteiger partial charge in [-0.1, -0.05) is 41.4 Å². The van der Waals surface area contributed by atoms with E-state index in [0.717, 1.165) is 4.90 Å². The number of imide groups is 2. The van der Waals surface area contributed by atoms with Crippen LogP contribution in [0.15, 0.2) is 66.2 Å². The predicted molar refractivity (Wildman–Crippen MR) is 146 cm³/mol. The fraction of sp³-hybridized carbons (Fsp3) is 0.111. The molecule has 1 heterocycles. The molecule has 12 heteroatoms. The Bertz CT molecular complexity index is 1510. The second kappa shape index (κ2) is 11.9. The fourth-order valence-corrected chi connectivity index (χ4v) is 4.17. The molecule has 200 valence electrons. The molecule has 0 saturated carbocycles. The van der Waals surface area contributed by atoms with Gasteiger partial charge in [-0.05, 0) is 54.1 Å². The van der Waals surface area contributed by atoms with E-state index in [0.29, 0.717) is 22.0 Å². The summed E-state index contributed by atoms with van der Waals surface area (Å²) in [6.45, 7) is -0.397. The van der Waals surface area contributed by atoms with Gasteiger partial charge in [0.1, 0.15) is 11.3 Å². The monoisotopic (exact) mass is 569 g/mol. The van der Waals surface area contributed by atoms with Gasteiger partial charge in [-0.3, -0.25) is 19.7 Å². The van der Waals surface area contributed by atoms with Crippen LogP contribution in [0, 0.1) is 0 Å². The summed E-state index contributed by atoms with van der Waals surface area (Å²) >= 11 is 12.4. The van der Waals surface area contributed by atoms with E-state index in [2.05, 4.69) is 10.6 Å². The van der Waals surface area contributed by atoms with Crippen LogP contribution >= 0.6 is 23.2 Å². The lowest BCUT2D eigenvalue weighted by atomic mass is 10.1. The van der Waals surface area contributed by atoms with Crippen LogP contribution in [0.25, 0.3) is 6.08 Å². The van der Waals surface area contributed by atoms with Gasteiger partial charge in [0.05, 0.1) is 30.6 Å². The van der Waals surface area contributed by atoms with Crippen LogP contribution in [-0.2, 0) is 14.4 Å². The highest BCUT2D eigenvalue weighted by Crippen LogP contribution is 2.37. The van der Waals surface area contributed by atoms with Gasteiger partial charge in [0.25, 0.3) is 17.7 Å². The lowest BCUT2D eigenvalue weighted by Gasteiger charge is -2.26. The number of benzene rings is 3. The summed E-state index contributed by atoms with van der Waals surface area (Å²) in [6.07, 6.45) is 1.26. The molecule has 0 radical (unpaired) electrons. The second-order valence-electron chi connectivity index (χ2n) is 8.01. The quantitative estimate of drug-likeness (QED) is 0.298. The van der Waals surface area contributed by atoms with Crippen molar-refractivity contribution in [2.75, 3.05) is 31.0 Å². The first kappa shape index (κ1) is 27.5. The Labute approximate surface area is 233 Å². The van der Waals surface area contributed by atoms with Crippen molar-refractivity contribution < 1.29 is 33.4 Å². The SMILES string of the molecule is COc1ccccc1NC(=O)COc1c(Cl)cc(/C=C2\C(=O)NC(=O)N(c3cccc(Cl)c3)C2=O)cc1OC. The van der Waals surface area contributed by atoms with Crippen LogP contribution < -0.4 is 29.7 Å². The molecule has 3 aromatic carbocycles. The highest BCUT2D eigenvalue weighted by atomic mass is 35.5. The third-order valence-corrected chi connectivity index (χ3v) is 5.98. The van der Waals surface area contributed by atoms with Gasteiger partial charge in [-0.25, -0.2) is 9.69 Å². The van der Waals surface area contributed by atoms with Crippen molar-refractivity contribution in [3.63, 3.8) is 0 Å². The molecule has 5 amide bonds. The molecule has 0 aromatic heterocycles. The van der Waals surface area contributed by atoms with Crippen LogP contribution in [0.5, 0.6) is 17.2 Å². The zero-order valence-corrected chi connectivity index (χ0v) is 22.1. The van der Waals surface area contributed by atoms with Crippen LogP contribution in [0.3, 0.4) is 0 Å². The molecule has 1 aliphatic heterocycles. The summed E-state index contributed by atoms with van der Waals surface area (Å²) in [5.41, 5.74) is 0.641. The highest BCUT2D eigenvalue weighted by Gasteiger charge is 2.37. The molecule has 4 rings (SSSR count). The smallest absolute Gasteiger partial charge is 0.335 e. The van der Waals surface area contributed by atoms with Crippen LogP contribution in [0.1, 0.15) is 5.56 Å². The number of methoxy groups -OCH3 is 2. The van der Waals surface area contributed by atoms with Crippen molar-refractivity contribution in [1.29, 1.82) is 0 Å². The largest absolute Gasteiger partial charge is 0.495 e. The molecule has 1 saturated heterocycles. The zero-order chi connectivity index (χ0) is 28.1. The minimum absolute atomic E-state index is 0.0535. The summed E-state index contributed by atoms with van der Waals surface area (Å²) in [6, 6.07) is 14.9. The summed E-state index contributed by atoms with van der Waals surface area (Å²) < 4.78 is 16.2. The minimum atomic E-state index is -0.907. The lowest BCUT2D eigenvalue weighted by Crippen LogP contribution is -2.54. The van der Waals surface area contributed by atoms with E-state index in [4.69, 9.17) is 37.4 Å². The van der Waals surface area contributed by atoms with Gasteiger partial charge in [-0.15, -0.1) is 0 Å². The topological polar surface area (TPSA) is 123 Å². The molecule has 0 atom stereocenters. The van der Waals surface area contributed by atoms with E-state index in [1.54, 1.807) is 36.4 Å². The van der Waals surface area contributed by atoms with Gasteiger partial charge >= 0.3 is 6.03 Å². The summed E-state index contributed by atoms with van der Waals surface area (Å²) in [5.74, 6) is -1.51. The zero-order valence-electron chi connectivity index (χ0n) is 20.6. The summed E-state index contributed by atoms with van der Waals surface area (Å²) in [4.78, 5) is 51.3. The number of ether oxygens (including phenoxy) is 3. The number of barbiturate groups is 1. The van der Waals surface area contributed by atoms with Gasteiger partial charge in [0.2, 0.25) is 0 Å². The number of nitrogens with zero attached hydrogens (tertiary/aromatic N) is 1. The maximum absolute atomic E-state index is 13.1. The number of hydrogen-bond acceptors (Lipinski definition) is 7. The first-order chi connectivity index (χ1) is 18.7. The first-order valence-electron chi connectivity index (χ1n) is 11.3. The number of urea groups is 1. The Morgan fingerprint density at radius 3 is 2.44 bits per heavy atom. The Balaban J connectivity index is 1.56. The number of para-hydroxylation sites is 2. The molecule has 0 unspecified atom stereocenters. The van der Waals surface area contributed by atoms with Gasteiger partial charge in [-0.2, -0.15) is 0 Å². The van der Waals surface area contributed by atoms with Crippen molar-refractivity contribution in [2.45, 2.75) is 0 Å². The van der Waals surface area contributed by atoms with Gasteiger partial charge in [0.15, 0.2) is 18.1 Å². The average molecular weight is 570 g/mol. The maximum atomic E-state index is 13.1. The third-order valence-electron chi connectivity index (χ3n) is 5.46. The van der Waals surface area contributed by atoms with Crippen LogP contribution in [0.2, 0.25) is 10.0 Å².